The van der Waals surface area contributed by atoms with Crippen LogP contribution in [0.4, 0.5) is 0 Å². The van der Waals surface area contributed by atoms with Gasteiger partial charge in [0.1, 0.15) is 12.1 Å². The van der Waals surface area contributed by atoms with Crippen molar-refractivity contribution in [3.8, 4) is 0 Å². The summed E-state index contributed by atoms with van der Waals surface area (Å²) in [7, 11) is 0. The molecule has 1 aliphatic carbocycles. The molecule has 2 fully saturated rings. The average Bonchev–Trinajstić information content (AvgIpc) is 2.68. The predicted molar refractivity (Wildman–Crippen MR) is 65.3 cm³/mol. The highest BCUT2D eigenvalue weighted by atomic mass is 16.2. The number of hydrogen-bond acceptors (Lipinski definition) is 2. The van der Waals surface area contributed by atoms with Crippen molar-refractivity contribution in [3.63, 3.8) is 0 Å². The van der Waals surface area contributed by atoms with Gasteiger partial charge in [0.15, 0.2) is 0 Å². The van der Waals surface area contributed by atoms with Crippen LogP contribution in [0.5, 0.6) is 0 Å². The van der Waals surface area contributed by atoms with E-state index in [-0.39, 0.29) is 23.9 Å². The molecule has 2 aliphatic rings. The molecule has 0 bridgehead atoms. The fourth-order valence-electron chi connectivity index (χ4n) is 2.99. The van der Waals surface area contributed by atoms with Gasteiger partial charge in [0.25, 0.3) is 0 Å². The van der Waals surface area contributed by atoms with Gasteiger partial charge in [-0.25, -0.2) is 0 Å². The van der Waals surface area contributed by atoms with E-state index >= 15 is 0 Å². The van der Waals surface area contributed by atoms with Gasteiger partial charge in [-0.1, -0.05) is 13.3 Å². The maximum atomic E-state index is 12.1. The molecule has 1 heterocycles. The molecule has 2 amide bonds. The van der Waals surface area contributed by atoms with Gasteiger partial charge < -0.3 is 10.2 Å². The van der Waals surface area contributed by atoms with Gasteiger partial charge in [0, 0.05) is 6.54 Å². The lowest BCUT2D eigenvalue weighted by molar-refractivity contribution is -0.148. The standard InChI is InChI=1S/C13H22N2O2/c1-8-4-5-11(6-8)7-15-10(3)12(16)14-9(2)13(15)17/h8-11H,4-7H2,1-3H3,(H,14,16). The van der Waals surface area contributed by atoms with Crippen molar-refractivity contribution in [2.24, 2.45) is 11.8 Å². The summed E-state index contributed by atoms with van der Waals surface area (Å²) in [6.45, 7) is 6.59. The molecule has 96 valence electrons. The summed E-state index contributed by atoms with van der Waals surface area (Å²) < 4.78 is 0. The first-order chi connectivity index (χ1) is 7.99. The number of piperazine rings is 1. The summed E-state index contributed by atoms with van der Waals surface area (Å²) in [6, 6.07) is -0.674. The minimum absolute atomic E-state index is 0.0249. The summed E-state index contributed by atoms with van der Waals surface area (Å²) in [5, 5.41) is 2.71. The number of carbonyl (C=O) groups is 2. The molecule has 4 nitrogen and oxygen atoms in total. The molecule has 1 N–H and O–H groups in total. The van der Waals surface area contributed by atoms with E-state index in [9.17, 15) is 9.59 Å². The van der Waals surface area contributed by atoms with E-state index in [2.05, 4.69) is 12.2 Å². The van der Waals surface area contributed by atoms with Crippen LogP contribution in [0.3, 0.4) is 0 Å². The highest BCUT2D eigenvalue weighted by Crippen LogP contribution is 2.31. The lowest BCUT2D eigenvalue weighted by atomic mass is 10.0. The molecule has 0 aromatic rings. The first-order valence-corrected chi connectivity index (χ1v) is 6.60. The molecule has 2 rings (SSSR count). The Morgan fingerprint density at radius 3 is 2.53 bits per heavy atom. The van der Waals surface area contributed by atoms with Crippen molar-refractivity contribution in [1.29, 1.82) is 0 Å². The Hall–Kier alpha value is -1.06. The molecule has 0 aromatic carbocycles. The van der Waals surface area contributed by atoms with E-state index in [1.54, 1.807) is 11.8 Å². The zero-order chi connectivity index (χ0) is 12.6. The highest BCUT2D eigenvalue weighted by molar-refractivity contribution is 5.96. The maximum Gasteiger partial charge on any atom is 0.245 e. The van der Waals surface area contributed by atoms with Crippen molar-refractivity contribution in [2.45, 2.75) is 52.1 Å². The number of carbonyl (C=O) groups excluding carboxylic acids is 2. The molecule has 17 heavy (non-hydrogen) atoms. The molecule has 1 saturated heterocycles. The number of amides is 2. The predicted octanol–water partition coefficient (Wildman–Crippen LogP) is 1.16. The Balaban J connectivity index is 2.02. The summed E-state index contributed by atoms with van der Waals surface area (Å²) >= 11 is 0. The first kappa shape index (κ1) is 12.4. The third kappa shape index (κ3) is 2.45. The van der Waals surface area contributed by atoms with E-state index in [1.807, 2.05) is 6.92 Å². The fourth-order valence-corrected chi connectivity index (χ4v) is 2.99. The quantitative estimate of drug-likeness (QED) is 0.784. The van der Waals surface area contributed by atoms with Crippen molar-refractivity contribution < 1.29 is 9.59 Å². The molecule has 0 radical (unpaired) electrons. The van der Waals surface area contributed by atoms with E-state index in [0.29, 0.717) is 5.92 Å². The van der Waals surface area contributed by atoms with E-state index in [4.69, 9.17) is 0 Å². The van der Waals surface area contributed by atoms with Crippen LogP contribution in [0.2, 0.25) is 0 Å². The molecule has 4 atom stereocenters. The van der Waals surface area contributed by atoms with Gasteiger partial charge in [0.05, 0.1) is 0 Å². The smallest absolute Gasteiger partial charge is 0.245 e. The van der Waals surface area contributed by atoms with Crippen LogP contribution in [-0.2, 0) is 9.59 Å². The third-order valence-corrected chi connectivity index (χ3v) is 4.12. The lowest BCUT2D eigenvalue weighted by Crippen LogP contribution is -2.62. The summed E-state index contributed by atoms with van der Waals surface area (Å²) in [4.78, 5) is 25.5. The van der Waals surface area contributed by atoms with Crippen molar-refractivity contribution >= 4 is 11.8 Å². The first-order valence-electron chi connectivity index (χ1n) is 6.60. The number of rotatable bonds is 2. The van der Waals surface area contributed by atoms with Crippen LogP contribution in [-0.4, -0.2) is 35.3 Å². The highest BCUT2D eigenvalue weighted by Gasteiger charge is 2.37. The van der Waals surface area contributed by atoms with Crippen LogP contribution in [0.1, 0.15) is 40.0 Å². The number of nitrogens with one attached hydrogen (secondary N) is 1. The van der Waals surface area contributed by atoms with E-state index < -0.39 is 0 Å². The number of hydrogen-bond donors (Lipinski definition) is 1. The third-order valence-electron chi connectivity index (χ3n) is 4.12. The largest absolute Gasteiger partial charge is 0.343 e. The average molecular weight is 238 g/mol. The van der Waals surface area contributed by atoms with Gasteiger partial charge in [-0.3, -0.25) is 9.59 Å². The lowest BCUT2D eigenvalue weighted by Gasteiger charge is -2.37. The van der Waals surface area contributed by atoms with Crippen molar-refractivity contribution in [3.05, 3.63) is 0 Å². The Bertz CT molecular complexity index is 329. The molecular weight excluding hydrogens is 216 g/mol. The molecule has 1 aliphatic heterocycles. The second-order valence-corrected chi connectivity index (χ2v) is 5.68. The van der Waals surface area contributed by atoms with Crippen LogP contribution < -0.4 is 5.32 Å². The normalized spacial score (nSPS) is 38.4. The van der Waals surface area contributed by atoms with E-state index in [0.717, 1.165) is 12.5 Å². The van der Waals surface area contributed by atoms with Gasteiger partial charge >= 0.3 is 0 Å². The van der Waals surface area contributed by atoms with Gasteiger partial charge in [-0.05, 0) is 38.5 Å². The van der Waals surface area contributed by atoms with E-state index in [1.165, 1.54) is 19.3 Å². The Morgan fingerprint density at radius 1 is 1.24 bits per heavy atom. The van der Waals surface area contributed by atoms with Crippen LogP contribution >= 0.6 is 0 Å². The summed E-state index contributed by atoms with van der Waals surface area (Å²) in [6.07, 6.45) is 3.63. The minimum Gasteiger partial charge on any atom is -0.343 e. The molecule has 0 spiro atoms. The second kappa shape index (κ2) is 4.67. The molecule has 1 saturated carbocycles. The fraction of sp³-hybridized carbons (Fsp3) is 0.846. The van der Waals surface area contributed by atoms with Crippen LogP contribution in [0.15, 0.2) is 0 Å². The molecular formula is C13H22N2O2. The van der Waals surface area contributed by atoms with Gasteiger partial charge in [0.2, 0.25) is 11.8 Å². The minimum atomic E-state index is -0.363. The van der Waals surface area contributed by atoms with Gasteiger partial charge in [-0.2, -0.15) is 0 Å². The second-order valence-electron chi connectivity index (χ2n) is 5.68. The zero-order valence-corrected chi connectivity index (χ0v) is 10.9. The Labute approximate surface area is 103 Å². The maximum absolute atomic E-state index is 12.1. The van der Waals surface area contributed by atoms with Crippen LogP contribution in [0.25, 0.3) is 0 Å². The molecule has 4 heteroatoms. The monoisotopic (exact) mass is 238 g/mol. The summed E-state index contributed by atoms with van der Waals surface area (Å²) in [5.74, 6) is 1.38. The SMILES string of the molecule is CC1CCC(CN2C(=O)C(C)NC(=O)C2C)C1. The van der Waals surface area contributed by atoms with Gasteiger partial charge in [-0.15, -0.1) is 0 Å². The zero-order valence-electron chi connectivity index (χ0n) is 10.9. The Morgan fingerprint density at radius 2 is 1.94 bits per heavy atom. The number of nitrogens with zero attached hydrogens (tertiary/aromatic N) is 1. The van der Waals surface area contributed by atoms with Crippen molar-refractivity contribution in [1.82, 2.24) is 10.2 Å². The Kier molecular flexibility index (Phi) is 3.40. The van der Waals surface area contributed by atoms with Crippen LogP contribution in [0, 0.1) is 11.8 Å². The molecule has 4 unspecified atom stereocenters. The van der Waals surface area contributed by atoms with Crippen molar-refractivity contribution in [2.75, 3.05) is 6.54 Å². The molecule has 0 aromatic heterocycles. The summed E-state index contributed by atoms with van der Waals surface area (Å²) in [5.41, 5.74) is 0. The topological polar surface area (TPSA) is 49.4 Å².